The van der Waals surface area contributed by atoms with Gasteiger partial charge in [-0.3, -0.25) is 0 Å². The lowest BCUT2D eigenvalue weighted by Gasteiger charge is -2.28. The van der Waals surface area contributed by atoms with E-state index in [0.717, 1.165) is 18.2 Å². The number of hydrogen-bond acceptors (Lipinski definition) is 3. The van der Waals surface area contributed by atoms with E-state index in [9.17, 15) is 28.2 Å². The molecule has 0 bridgehead atoms. The Balaban J connectivity index is 2.19. The van der Waals surface area contributed by atoms with Crippen LogP contribution in [0.2, 0.25) is 0 Å². The molecule has 0 saturated carbocycles. The minimum Gasteiger partial charge on any atom is -0.507 e. The number of carbonyl (C=O) groups is 1. The highest BCUT2D eigenvalue weighted by Crippen LogP contribution is 2.46. The number of phenols is 1. The van der Waals surface area contributed by atoms with Crippen LogP contribution in [-0.2, 0) is 10.2 Å². The van der Waals surface area contributed by atoms with Gasteiger partial charge in [-0.15, -0.1) is 0 Å². The van der Waals surface area contributed by atoms with E-state index in [1.807, 2.05) is 13.8 Å². The van der Waals surface area contributed by atoms with Crippen molar-refractivity contribution in [1.29, 1.82) is 0 Å². The number of aromatic nitrogens is 1. The highest BCUT2D eigenvalue weighted by atomic mass is 19.2. The van der Waals surface area contributed by atoms with Crippen LogP contribution in [0.15, 0.2) is 54.6 Å². The Labute approximate surface area is 193 Å². The molecule has 0 unspecified atom stereocenters. The zero-order valence-corrected chi connectivity index (χ0v) is 18.7. The van der Waals surface area contributed by atoms with Gasteiger partial charge in [0.05, 0.1) is 23.1 Å². The van der Waals surface area contributed by atoms with E-state index in [2.05, 4.69) is 0 Å². The Morgan fingerprint density at radius 1 is 1.00 bits per heavy atom. The Bertz CT molecular complexity index is 1410. The molecule has 3 aromatic carbocycles. The van der Waals surface area contributed by atoms with Crippen LogP contribution < -0.4 is 0 Å². The van der Waals surface area contributed by atoms with E-state index in [1.54, 1.807) is 16.7 Å². The molecule has 0 saturated heterocycles. The summed E-state index contributed by atoms with van der Waals surface area (Å²) >= 11 is 0. The number of aromatic carboxylic acids is 1. The maximum Gasteiger partial charge on any atom is 0.335 e. The average Bonchev–Trinajstić information content (AvgIpc) is 3.12. The number of rotatable bonds is 6. The highest BCUT2D eigenvalue weighted by molar-refractivity contribution is 6.04. The van der Waals surface area contributed by atoms with Gasteiger partial charge in [0.1, 0.15) is 11.6 Å². The molecule has 4 aromatic rings. The van der Waals surface area contributed by atoms with Crippen molar-refractivity contribution in [2.45, 2.75) is 19.3 Å². The van der Waals surface area contributed by atoms with E-state index in [1.165, 1.54) is 31.4 Å². The Hall–Kier alpha value is -3.78. The van der Waals surface area contributed by atoms with E-state index in [-0.39, 0.29) is 34.5 Å². The second kappa shape index (κ2) is 8.53. The van der Waals surface area contributed by atoms with Crippen molar-refractivity contribution in [1.82, 2.24) is 4.57 Å². The van der Waals surface area contributed by atoms with Crippen LogP contribution in [0.5, 0.6) is 5.75 Å². The number of aromatic hydroxyl groups is 1. The van der Waals surface area contributed by atoms with Gasteiger partial charge in [0.15, 0.2) is 11.6 Å². The van der Waals surface area contributed by atoms with Crippen LogP contribution >= 0.6 is 0 Å². The van der Waals surface area contributed by atoms with Crippen molar-refractivity contribution in [3.05, 3.63) is 83.3 Å². The van der Waals surface area contributed by atoms with Gasteiger partial charge in [0.25, 0.3) is 0 Å². The molecule has 5 nitrogen and oxygen atoms in total. The number of carboxylic acids is 1. The molecule has 1 aromatic heterocycles. The lowest BCUT2D eigenvalue weighted by molar-refractivity contribution is 0.0697. The summed E-state index contributed by atoms with van der Waals surface area (Å²) in [4.78, 5) is 11.3. The van der Waals surface area contributed by atoms with E-state index >= 15 is 0 Å². The third-order valence-electron chi connectivity index (χ3n) is 5.74. The maximum atomic E-state index is 14.5. The van der Waals surface area contributed by atoms with Crippen LogP contribution in [0.25, 0.3) is 27.7 Å². The predicted molar refractivity (Wildman–Crippen MR) is 122 cm³/mol. The van der Waals surface area contributed by atoms with Crippen LogP contribution in [0.4, 0.5) is 13.2 Å². The second-order valence-electron chi connectivity index (χ2n) is 8.68. The number of fused-ring (bicyclic) bond motifs is 1. The first-order chi connectivity index (χ1) is 16.0. The predicted octanol–water partition coefficient (Wildman–Crippen LogP) is 6.04. The van der Waals surface area contributed by atoms with Gasteiger partial charge in [-0.05, 0) is 35.9 Å². The summed E-state index contributed by atoms with van der Waals surface area (Å²) in [7, 11) is 1.52. The third-order valence-corrected chi connectivity index (χ3v) is 5.74. The molecule has 34 heavy (non-hydrogen) atoms. The topological polar surface area (TPSA) is 71.7 Å². The first-order valence-electron chi connectivity index (χ1n) is 10.4. The zero-order chi connectivity index (χ0) is 24.8. The Morgan fingerprint density at radius 3 is 2.26 bits per heavy atom. The molecule has 0 radical (unpaired) electrons. The number of halogens is 3. The molecule has 0 amide bonds. The lowest BCUT2D eigenvalue weighted by Crippen LogP contribution is -2.27. The number of carboxylic acid groups (broad SMARTS) is 1. The largest absolute Gasteiger partial charge is 0.507 e. The molecular formula is C26H22F3NO4. The molecule has 0 atom stereocenters. The molecule has 176 valence electrons. The molecule has 4 rings (SSSR count). The number of nitrogens with zero attached hydrogens (tertiary/aromatic N) is 1. The highest BCUT2D eigenvalue weighted by Gasteiger charge is 2.33. The molecule has 0 spiro atoms. The molecule has 2 N–H and O–H groups in total. The first kappa shape index (κ1) is 23.4. The van der Waals surface area contributed by atoms with Gasteiger partial charge >= 0.3 is 5.97 Å². The fourth-order valence-electron chi connectivity index (χ4n) is 4.38. The summed E-state index contributed by atoms with van der Waals surface area (Å²) < 4.78 is 49.5. The van der Waals surface area contributed by atoms with Gasteiger partial charge in [-0.2, -0.15) is 0 Å². The van der Waals surface area contributed by atoms with E-state index in [0.29, 0.717) is 16.8 Å². The minimum absolute atomic E-state index is 0.0704. The van der Waals surface area contributed by atoms with E-state index < -0.39 is 28.8 Å². The van der Waals surface area contributed by atoms with Crippen LogP contribution in [-0.4, -0.2) is 34.5 Å². The maximum absolute atomic E-state index is 14.5. The van der Waals surface area contributed by atoms with Gasteiger partial charge in [0, 0.05) is 41.6 Å². The van der Waals surface area contributed by atoms with Gasteiger partial charge in [-0.25, -0.2) is 18.0 Å². The summed E-state index contributed by atoms with van der Waals surface area (Å²) in [6.07, 6.45) is 0. The third kappa shape index (κ3) is 3.90. The Morgan fingerprint density at radius 2 is 1.68 bits per heavy atom. The molecule has 1 heterocycles. The normalized spacial score (nSPS) is 11.8. The van der Waals surface area contributed by atoms with Crippen molar-refractivity contribution < 1.29 is 32.9 Å². The first-order valence-corrected chi connectivity index (χ1v) is 10.4. The van der Waals surface area contributed by atoms with Crippen LogP contribution in [0, 0.1) is 17.5 Å². The summed E-state index contributed by atoms with van der Waals surface area (Å²) in [5.41, 5.74) is 1.36. The molecule has 0 aliphatic heterocycles. The fourth-order valence-corrected chi connectivity index (χ4v) is 4.38. The number of ether oxygens (including phenoxy) is 1. The molecule has 0 fully saturated rings. The minimum atomic E-state index is -1.10. The smallest absolute Gasteiger partial charge is 0.335 e. The summed E-state index contributed by atoms with van der Waals surface area (Å²) in [6.45, 7) is 3.93. The van der Waals surface area contributed by atoms with Crippen molar-refractivity contribution in [2.24, 2.45) is 0 Å². The summed E-state index contributed by atoms with van der Waals surface area (Å²) in [5, 5.41) is 20.4. The lowest BCUT2D eigenvalue weighted by atomic mass is 9.84. The number of hydrogen-bond donors (Lipinski definition) is 2. The van der Waals surface area contributed by atoms with Crippen molar-refractivity contribution in [3.63, 3.8) is 0 Å². The van der Waals surface area contributed by atoms with E-state index in [4.69, 9.17) is 4.74 Å². The van der Waals surface area contributed by atoms with Gasteiger partial charge in [0.2, 0.25) is 0 Å². The number of phenolic OH excluding ortho intramolecular Hbond substituents is 1. The van der Waals surface area contributed by atoms with Crippen LogP contribution in [0.1, 0.15) is 29.9 Å². The summed E-state index contributed by atoms with van der Waals surface area (Å²) in [5.74, 6) is -4.27. The van der Waals surface area contributed by atoms with Crippen molar-refractivity contribution >= 4 is 16.9 Å². The molecular weight excluding hydrogens is 447 g/mol. The Kier molecular flexibility index (Phi) is 5.87. The SMILES string of the molecule is COCC(C)(C)c1c(-c2ccc(C(=O)O)cc2)c2c(O)cc(F)cc2n1-c1ccc(F)c(F)c1. The fraction of sp³-hybridized carbons (Fsp3) is 0.192. The molecule has 0 aliphatic carbocycles. The average molecular weight is 469 g/mol. The standard InChI is InChI=1S/C26H22F3NO4/c1-26(2,13-34-3)24-22(14-4-6-15(7-5-14)25(32)33)23-20(10-16(27)11-21(23)31)30(24)17-8-9-18(28)19(29)12-17/h4-12,31H,13H2,1-3H3,(H,32,33). The molecule has 0 aliphatic rings. The summed E-state index contributed by atoms with van der Waals surface area (Å²) in [6, 6.07) is 11.5. The second-order valence-corrected chi connectivity index (χ2v) is 8.68. The van der Waals surface area contributed by atoms with Crippen molar-refractivity contribution in [2.75, 3.05) is 13.7 Å². The monoisotopic (exact) mass is 469 g/mol. The number of methoxy groups -OCH3 is 1. The number of benzene rings is 3. The van der Waals surface area contributed by atoms with Crippen molar-refractivity contribution in [3.8, 4) is 22.6 Å². The van der Waals surface area contributed by atoms with Gasteiger partial charge in [-0.1, -0.05) is 26.0 Å². The van der Waals surface area contributed by atoms with Gasteiger partial charge < -0.3 is 19.5 Å². The zero-order valence-electron chi connectivity index (χ0n) is 18.7. The molecule has 8 heteroatoms. The quantitative estimate of drug-likeness (QED) is 0.361. The van der Waals surface area contributed by atoms with Crippen LogP contribution in [0.3, 0.4) is 0 Å².